The molecule has 0 fully saturated rings. The van der Waals surface area contributed by atoms with Gasteiger partial charge in [-0.1, -0.05) is 30.4 Å². The Morgan fingerprint density at radius 2 is 2.00 bits per heavy atom. The molecule has 2 nitrogen and oxygen atoms in total. The molecule has 112 valence electrons. The molecular weight excluding hydrogens is 310 g/mol. The Morgan fingerprint density at radius 1 is 1.27 bits per heavy atom. The Morgan fingerprint density at radius 3 is 2.59 bits per heavy atom. The van der Waals surface area contributed by atoms with Gasteiger partial charge in [-0.25, -0.2) is 0 Å². The van der Waals surface area contributed by atoms with E-state index in [0.717, 1.165) is 21.9 Å². The summed E-state index contributed by atoms with van der Waals surface area (Å²) in [5.41, 5.74) is 3.11. The second kappa shape index (κ2) is 7.95. The molecule has 0 aliphatic heterocycles. The highest BCUT2D eigenvalue weighted by molar-refractivity contribution is 7.99. The lowest BCUT2D eigenvalue weighted by Crippen LogP contribution is -1.95. The van der Waals surface area contributed by atoms with Gasteiger partial charge >= 0.3 is 0 Å². The SMILES string of the molecule is C=C(C)C(Sc1cccc(N=C=S)c1)c1ccc(OC)cc1. The first-order valence-corrected chi connectivity index (χ1v) is 8.07. The molecule has 0 aliphatic carbocycles. The van der Waals surface area contributed by atoms with Crippen molar-refractivity contribution >= 4 is 34.8 Å². The minimum absolute atomic E-state index is 0.178. The normalized spacial score (nSPS) is 11.4. The predicted molar refractivity (Wildman–Crippen MR) is 97.5 cm³/mol. The fourth-order valence-corrected chi connectivity index (χ4v) is 3.26. The minimum Gasteiger partial charge on any atom is -0.497 e. The van der Waals surface area contributed by atoms with Crippen LogP contribution in [0.4, 0.5) is 5.69 Å². The largest absolute Gasteiger partial charge is 0.497 e. The molecule has 1 unspecified atom stereocenters. The van der Waals surface area contributed by atoms with Gasteiger partial charge in [-0.2, -0.15) is 4.99 Å². The van der Waals surface area contributed by atoms with Crippen LogP contribution in [0.1, 0.15) is 17.7 Å². The van der Waals surface area contributed by atoms with Crippen LogP contribution in [0.15, 0.2) is 70.6 Å². The van der Waals surface area contributed by atoms with E-state index in [0.29, 0.717) is 0 Å². The average molecular weight is 327 g/mol. The number of aliphatic imine (C=N–C) groups is 1. The molecule has 0 saturated carbocycles. The molecule has 0 N–H and O–H groups in total. The zero-order chi connectivity index (χ0) is 15.9. The summed E-state index contributed by atoms with van der Waals surface area (Å²) in [6.45, 7) is 6.17. The smallest absolute Gasteiger partial charge is 0.118 e. The molecular formula is C18H17NOS2. The Balaban J connectivity index is 2.26. The van der Waals surface area contributed by atoms with Gasteiger partial charge in [-0.05, 0) is 55.0 Å². The summed E-state index contributed by atoms with van der Waals surface area (Å²) in [5.74, 6) is 0.853. The first-order chi connectivity index (χ1) is 10.6. The highest BCUT2D eigenvalue weighted by Crippen LogP contribution is 2.41. The fourth-order valence-electron chi connectivity index (χ4n) is 2.05. The molecule has 0 bridgehead atoms. The maximum absolute atomic E-state index is 5.21. The van der Waals surface area contributed by atoms with E-state index in [2.05, 4.69) is 47.1 Å². The lowest BCUT2D eigenvalue weighted by Gasteiger charge is -2.17. The molecule has 2 aromatic carbocycles. The molecule has 0 amide bonds. The van der Waals surface area contributed by atoms with Gasteiger partial charge in [0.25, 0.3) is 0 Å². The van der Waals surface area contributed by atoms with Gasteiger partial charge in [0, 0.05) is 4.90 Å². The summed E-state index contributed by atoms with van der Waals surface area (Å²) in [7, 11) is 1.67. The number of ether oxygens (including phenoxy) is 1. The number of rotatable bonds is 6. The van der Waals surface area contributed by atoms with Crippen LogP contribution in [-0.2, 0) is 0 Å². The lowest BCUT2D eigenvalue weighted by molar-refractivity contribution is 0.414. The zero-order valence-electron chi connectivity index (χ0n) is 12.6. The van der Waals surface area contributed by atoms with E-state index in [9.17, 15) is 0 Å². The first-order valence-electron chi connectivity index (χ1n) is 6.78. The number of thioether (sulfide) groups is 1. The van der Waals surface area contributed by atoms with E-state index < -0.39 is 0 Å². The predicted octanol–water partition coefficient (Wildman–Crippen LogP) is 5.84. The van der Waals surface area contributed by atoms with Crippen molar-refractivity contribution in [2.24, 2.45) is 4.99 Å². The van der Waals surface area contributed by atoms with Gasteiger partial charge in [0.15, 0.2) is 0 Å². The maximum atomic E-state index is 5.21. The molecule has 0 saturated heterocycles. The average Bonchev–Trinajstić information content (AvgIpc) is 2.53. The summed E-state index contributed by atoms with van der Waals surface area (Å²) < 4.78 is 5.21. The molecule has 0 spiro atoms. The number of thiocarbonyl (C=S) groups is 1. The standard InChI is InChI=1S/C18H17NOS2/c1-13(2)18(14-7-9-16(20-3)10-8-14)22-17-6-4-5-15(11-17)19-12-21/h4-11,18H,1H2,2-3H3. The second-order valence-corrected chi connectivity index (χ2v) is 6.18. The summed E-state index contributed by atoms with van der Waals surface area (Å²) in [4.78, 5) is 5.15. The molecule has 0 aliphatic rings. The molecule has 0 aromatic heterocycles. The third-order valence-electron chi connectivity index (χ3n) is 3.11. The minimum atomic E-state index is 0.178. The molecule has 1 atom stereocenters. The second-order valence-electron chi connectivity index (χ2n) is 4.82. The molecule has 0 radical (unpaired) electrons. The van der Waals surface area contributed by atoms with Crippen LogP contribution in [0.25, 0.3) is 0 Å². The van der Waals surface area contributed by atoms with Crippen LogP contribution in [-0.4, -0.2) is 12.3 Å². The van der Waals surface area contributed by atoms with Gasteiger partial charge < -0.3 is 4.74 Å². The number of hydrogen-bond donors (Lipinski definition) is 0. The van der Waals surface area contributed by atoms with E-state index in [4.69, 9.17) is 4.74 Å². The van der Waals surface area contributed by atoms with Gasteiger partial charge in [-0.15, -0.1) is 11.8 Å². The van der Waals surface area contributed by atoms with Crippen LogP contribution in [0, 0.1) is 0 Å². The Kier molecular flexibility index (Phi) is 5.96. The maximum Gasteiger partial charge on any atom is 0.118 e. The molecule has 22 heavy (non-hydrogen) atoms. The van der Waals surface area contributed by atoms with Crippen molar-refractivity contribution in [3.63, 3.8) is 0 Å². The van der Waals surface area contributed by atoms with E-state index in [1.54, 1.807) is 18.9 Å². The third kappa shape index (κ3) is 4.31. The van der Waals surface area contributed by atoms with E-state index in [1.807, 2.05) is 37.3 Å². The topological polar surface area (TPSA) is 21.6 Å². The number of benzene rings is 2. The summed E-state index contributed by atoms with van der Waals surface area (Å²) in [6, 6.07) is 16.0. The molecule has 2 rings (SSSR count). The number of isothiocyanates is 1. The summed E-state index contributed by atoms with van der Waals surface area (Å²) in [6.07, 6.45) is 0. The Hall–Kier alpha value is -1.87. The summed E-state index contributed by atoms with van der Waals surface area (Å²) >= 11 is 6.40. The third-order valence-corrected chi connectivity index (χ3v) is 4.64. The van der Waals surface area contributed by atoms with E-state index in [-0.39, 0.29) is 5.25 Å². The van der Waals surface area contributed by atoms with E-state index in [1.165, 1.54) is 5.56 Å². The quantitative estimate of drug-likeness (QED) is 0.288. The Labute approximate surface area is 140 Å². The highest BCUT2D eigenvalue weighted by Gasteiger charge is 2.14. The van der Waals surface area contributed by atoms with Crippen LogP contribution >= 0.6 is 24.0 Å². The number of hydrogen-bond acceptors (Lipinski definition) is 4. The highest BCUT2D eigenvalue weighted by atomic mass is 32.2. The monoisotopic (exact) mass is 327 g/mol. The molecule has 2 aromatic rings. The van der Waals surface area contributed by atoms with Crippen molar-refractivity contribution in [2.75, 3.05) is 7.11 Å². The lowest BCUT2D eigenvalue weighted by atomic mass is 10.1. The van der Waals surface area contributed by atoms with Crippen molar-refractivity contribution in [3.8, 4) is 5.75 Å². The van der Waals surface area contributed by atoms with Gasteiger partial charge in [0.05, 0.1) is 23.2 Å². The van der Waals surface area contributed by atoms with Crippen molar-refractivity contribution in [3.05, 3.63) is 66.2 Å². The van der Waals surface area contributed by atoms with Crippen LogP contribution < -0.4 is 4.74 Å². The van der Waals surface area contributed by atoms with Crippen molar-refractivity contribution in [1.82, 2.24) is 0 Å². The number of nitrogens with zero attached hydrogens (tertiary/aromatic N) is 1. The van der Waals surface area contributed by atoms with Crippen molar-refractivity contribution in [1.29, 1.82) is 0 Å². The van der Waals surface area contributed by atoms with Crippen molar-refractivity contribution in [2.45, 2.75) is 17.1 Å². The summed E-state index contributed by atoms with van der Waals surface area (Å²) in [5, 5.41) is 2.58. The van der Waals surface area contributed by atoms with Crippen LogP contribution in [0.5, 0.6) is 5.75 Å². The first kappa shape index (κ1) is 16.5. The van der Waals surface area contributed by atoms with Crippen LogP contribution in [0.2, 0.25) is 0 Å². The van der Waals surface area contributed by atoms with Gasteiger partial charge in [0.2, 0.25) is 0 Å². The number of methoxy groups -OCH3 is 1. The Bertz CT molecular complexity index is 703. The van der Waals surface area contributed by atoms with Gasteiger partial charge in [0.1, 0.15) is 5.75 Å². The molecule has 0 heterocycles. The fraction of sp³-hybridized carbons (Fsp3) is 0.167. The van der Waals surface area contributed by atoms with E-state index >= 15 is 0 Å². The van der Waals surface area contributed by atoms with Crippen LogP contribution in [0.3, 0.4) is 0 Å². The molecule has 4 heteroatoms. The zero-order valence-corrected chi connectivity index (χ0v) is 14.2. The van der Waals surface area contributed by atoms with Gasteiger partial charge in [-0.3, -0.25) is 0 Å². The van der Waals surface area contributed by atoms with Crippen molar-refractivity contribution < 1.29 is 4.74 Å².